The van der Waals surface area contributed by atoms with Crippen LogP contribution in [0, 0.1) is 13.8 Å². The number of halogens is 1. The molecule has 0 atom stereocenters. The number of anilines is 1. The van der Waals surface area contributed by atoms with Crippen LogP contribution >= 0.6 is 11.6 Å². The van der Waals surface area contributed by atoms with Gasteiger partial charge in [0.15, 0.2) is 0 Å². The highest BCUT2D eigenvalue weighted by molar-refractivity contribution is 6.40. The minimum Gasteiger partial charge on any atom is -0.488 e. The number of hydrogen-bond donors (Lipinski definition) is 1. The Bertz CT molecular complexity index is 1930. The molecule has 1 fully saturated rings. The van der Waals surface area contributed by atoms with E-state index >= 15 is 0 Å². The summed E-state index contributed by atoms with van der Waals surface area (Å²) >= 11 is 6.27. The SMILES string of the molecule is Cc1ccc(N2C(=O)NC(=O)/C(=C\c3c(OCc4c(C)ccc5ccccc45)ccc4ccccc34)C2=O)cc1Cl. The Balaban J connectivity index is 1.44. The summed E-state index contributed by atoms with van der Waals surface area (Å²) in [5, 5.41) is 6.62. The third-order valence-electron chi connectivity index (χ3n) is 7.38. The molecule has 41 heavy (non-hydrogen) atoms. The van der Waals surface area contributed by atoms with Crippen molar-refractivity contribution in [2.24, 2.45) is 0 Å². The average Bonchev–Trinajstić information content (AvgIpc) is 2.97. The lowest BCUT2D eigenvalue weighted by atomic mass is 9.99. The van der Waals surface area contributed by atoms with Gasteiger partial charge in [-0.25, -0.2) is 9.69 Å². The number of fused-ring (bicyclic) bond motifs is 2. The van der Waals surface area contributed by atoms with E-state index in [2.05, 4.69) is 29.6 Å². The van der Waals surface area contributed by atoms with E-state index in [1.807, 2.05) is 62.4 Å². The molecule has 0 unspecified atom stereocenters. The average molecular weight is 561 g/mol. The summed E-state index contributed by atoms with van der Waals surface area (Å²) in [6.45, 7) is 4.15. The lowest BCUT2D eigenvalue weighted by molar-refractivity contribution is -0.122. The molecule has 0 radical (unpaired) electrons. The van der Waals surface area contributed by atoms with Crippen LogP contribution in [0.2, 0.25) is 5.02 Å². The van der Waals surface area contributed by atoms with Gasteiger partial charge >= 0.3 is 6.03 Å². The summed E-state index contributed by atoms with van der Waals surface area (Å²) in [4.78, 5) is 40.4. The van der Waals surface area contributed by atoms with Crippen LogP contribution in [0.1, 0.15) is 22.3 Å². The largest absolute Gasteiger partial charge is 0.488 e. The predicted octanol–water partition coefficient (Wildman–Crippen LogP) is 7.51. The third-order valence-corrected chi connectivity index (χ3v) is 7.79. The monoisotopic (exact) mass is 560 g/mol. The Kier molecular flexibility index (Phi) is 6.77. The molecule has 0 bridgehead atoms. The maximum absolute atomic E-state index is 13.7. The van der Waals surface area contributed by atoms with E-state index in [1.165, 1.54) is 12.1 Å². The number of nitrogens with zero attached hydrogens (tertiary/aromatic N) is 1. The Hall–Kier alpha value is -4.94. The van der Waals surface area contributed by atoms with Crippen LogP contribution in [0.4, 0.5) is 10.5 Å². The minimum absolute atomic E-state index is 0.191. The summed E-state index contributed by atoms with van der Waals surface area (Å²) in [7, 11) is 0. The lowest BCUT2D eigenvalue weighted by Crippen LogP contribution is -2.54. The van der Waals surface area contributed by atoms with E-state index in [-0.39, 0.29) is 17.9 Å². The molecule has 202 valence electrons. The van der Waals surface area contributed by atoms with Gasteiger partial charge in [0.05, 0.1) is 5.69 Å². The second-order valence-electron chi connectivity index (χ2n) is 9.96. The fourth-order valence-corrected chi connectivity index (χ4v) is 5.27. The van der Waals surface area contributed by atoms with Crippen LogP contribution < -0.4 is 15.0 Å². The second kappa shape index (κ2) is 10.6. The zero-order valence-corrected chi connectivity index (χ0v) is 23.2. The molecule has 5 aromatic rings. The molecular formula is C34H25ClN2O4. The molecule has 6 nitrogen and oxygen atoms in total. The molecule has 0 aromatic heterocycles. The van der Waals surface area contributed by atoms with Gasteiger partial charge in [0.25, 0.3) is 11.8 Å². The Morgan fingerprint density at radius 1 is 0.805 bits per heavy atom. The zero-order valence-electron chi connectivity index (χ0n) is 22.4. The number of barbiturate groups is 1. The molecule has 5 aromatic carbocycles. The van der Waals surface area contributed by atoms with Crippen LogP contribution in [-0.2, 0) is 16.2 Å². The summed E-state index contributed by atoms with van der Waals surface area (Å²) in [6.07, 6.45) is 1.50. The summed E-state index contributed by atoms with van der Waals surface area (Å²) in [5.41, 5.74) is 3.58. The van der Waals surface area contributed by atoms with Gasteiger partial charge in [0.2, 0.25) is 0 Å². The topological polar surface area (TPSA) is 75.7 Å². The number of benzene rings is 5. The summed E-state index contributed by atoms with van der Waals surface area (Å²) < 4.78 is 6.41. The molecule has 1 N–H and O–H groups in total. The number of aryl methyl sites for hydroxylation is 2. The number of imide groups is 2. The van der Waals surface area contributed by atoms with Gasteiger partial charge in [0, 0.05) is 16.1 Å². The van der Waals surface area contributed by atoms with Gasteiger partial charge in [-0.15, -0.1) is 0 Å². The van der Waals surface area contributed by atoms with E-state index in [9.17, 15) is 14.4 Å². The Morgan fingerprint density at radius 2 is 1.46 bits per heavy atom. The number of ether oxygens (including phenoxy) is 1. The highest BCUT2D eigenvalue weighted by Gasteiger charge is 2.37. The first-order valence-electron chi connectivity index (χ1n) is 13.1. The lowest BCUT2D eigenvalue weighted by Gasteiger charge is -2.27. The fraction of sp³-hybridized carbons (Fsp3) is 0.0882. The molecule has 1 aliphatic rings. The van der Waals surface area contributed by atoms with Crippen molar-refractivity contribution in [3.05, 3.63) is 124 Å². The molecule has 1 aliphatic heterocycles. The molecule has 1 saturated heterocycles. The normalized spacial score (nSPS) is 14.7. The van der Waals surface area contributed by atoms with Crippen LogP contribution in [0.3, 0.4) is 0 Å². The van der Waals surface area contributed by atoms with E-state index in [1.54, 1.807) is 12.1 Å². The standard InChI is InChI=1S/C34H25ClN2O4/c1-20-11-13-22-7-4-6-10-26(22)29(20)19-41-31-16-14-23-8-3-5-9-25(23)27(31)18-28-32(38)36-34(40)37(33(28)39)24-15-12-21(2)30(35)17-24/h3-18H,19H2,1-2H3,(H,36,38,40)/b28-18+. The van der Waals surface area contributed by atoms with Crippen LogP contribution in [0.15, 0.2) is 96.6 Å². The van der Waals surface area contributed by atoms with Gasteiger partial charge in [-0.2, -0.15) is 0 Å². The van der Waals surface area contributed by atoms with Crippen molar-refractivity contribution in [1.82, 2.24) is 5.32 Å². The Labute approximate surface area is 241 Å². The van der Waals surface area contributed by atoms with Gasteiger partial charge in [-0.1, -0.05) is 84.4 Å². The number of hydrogen-bond acceptors (Lipinski definition) is 4. The highest BCUT2D eigenvalue weighted by Crippen LogP contribution is 2.34. The maximum atomic E-state index is 13.7. The molecule has 0 spiro atoms. The predicted molar refractivity (Wildman–Crippen MR) is 162 cm³/mol. The molecule has 1 heterocycles. The number of urea groups is 1. The van der Waals surface area contributed by atoms with E-state index in [0.29, 0.717) is 16.3 Å². The summed E-state index contributed by atoms with van der Waals surface area (Å²) in [6, 6.07) is 27.7. The van der Waals surface area contributed by atoms with Crippen molar-refractivity contribution in [3.8, 4) is 5.75 Å². The molecule has 6 rings (SSSR count). The van der Waals surface area contributed by atoms with E-state index in [0.717, 1.165) is 43.1 Å². The first-order valence-corrected chi connectivity index (χ1v) is 13.5. The quantitative estimate of drug-likeness (QED) is 0.178. The number of nitrogens with one attached hydrogen (secondary N) is 1. The molecule has 0 aliphatic carbocycles. The smallest absolute Gasteiger partial charge is 0.335 e. The first-order chi connectivity index (χ1) is 19.8. The number of rotatable bonds is 5. The molecular weight excluding hydrogens is 536 g/mol. The van der Waals surface area contributed by atoms with Crippen LogP contribution in [0.25, 0.3) is 27.6 Å². The maximum Gasteiger partial charge on any atom is 0.335 e. The van der Waals surface area contributed by atoms with Gasteiger partial charge in [-0.05, 0) is 70.8 Å². The Morgan fingerprint density at radius 3 is 2.22 bits per heavy atom. The van der Waals surface area contributed by atoms with E-state index in [4.69, 9.17) is 16.3 Å². The van der Waals surface area contributed by atoms with E-state index < -0.39 is 17.8 Å². The number of amides is 4. The van der Waals surface area contributed by atoms with Gasteiger partial charge in [0.1, 0.15) is 17.9 Å². The van der Waals surface area contributed by atoms with Crippen molar-refractivity contribution in [3.63, 3.8) is 0 Å². The van der Waals surface area contributed by atoms with Gasteiger partial charge < -0.3 is 4.74 Å². The first kappa shape index (κ1) is 26.3. The van der Waals surface area contributed by atoms with Crippen LogP contribution in [-0.4, -0.2) is 17.8 Å². The number of carbonyl (C=O) groups excluding carboxylic acids is 3. The minimum atomic E-state index is -0.835. The fourth-order valence-electron chi connectivity index (χ4n) is 5.09. The second-order valence-corrected chi connectivity index (χ2v) is 10.4. The third kappa shape index (κ3) is 4.83. The van der Waals surface area contributed by atoms with Crippen molar-refractivity contribution < 1.29 is 19.1 Å². The molecule has 7 heteroatoms. The zero-order chi connectivity index (χ0) is 28.7. The van der Waals surface area contributed by atoms with Crippen molar-refractivity contribution in [2.45, 2.75) is 20.5 Å². The highest BCUT2D eigenvalue weighted by atomic mass is 35.5. The van der Waals surface area contributed by atoms with Crippen molar-refractivity contribution >= 4 is 62.8 Å². The number of carbonyl (C=O) groups is 3. The van der Waals surface area contributed by atoms with Gasteiger partial charge in [-0.3, -0.25) is 14.9 Å². The summed E-state index contributed by atoms with van der Waals surface area (Å²) in [5.74, 6) is -1.02. The molecule has 0 saturated carbocycles. The van der Waals surface area contributed by atoms with Crippen molar-refractivity contribution in [1.29, 1.82) is 0 Å². The molecule has 4 amide bonds. The van der Waals surface area contributed by atoms with Crippen molar-refractivity contribution in [2.75, 3.05) is 4.90 Å². The van der Waals surface area contributed by atoms with Crippen LogP contribution in [0.5, 0.6) is 5.75 Å².